The molecule has 4 heteroatoms. The summed E-state index contributed by atoms with van der Waals surface area (Å²) in [4.78, 5) is 14.0. The highest BCUT2D eigenvalue weighted by molar-refractivity contribution is 5.90. The SMILES string of the molecule is NCCC(=O)Nc1ccc(CN2CCCCCC2)cc1. The predicted molar refractivity (Wildman–Crippen MR) is 82.5 cm³/mol. The Morgan fingerprint density at radius 3 is 2.35 bits per heavy atom. The lowest BCUT2D eigenvalue weighted by Gasteiger charge is -2.19. The molecule has 1 saturated heterocycles. The second-order valence-electron chi connectivity index (χ2n) is 5.47. The van der Waals surface area contributed by atoms with Crippen LogP contribution in [0, 0.1) is 0 Å². The zero-order valence-corrected chi connectivity index (χ0v) is 12.1. The first-order valence-corrected chi connectivity index (χ1v) is 7.59. The first kappa shape index (κ1) is 15.0. The van der Waals surface area contributed by atoms with Crippen molar-refractivity contribution in [2.24, 2.45) is 5.73 Å². The minimum atomic E-state index is -0.0206. The molecule has 1 aliphatic heterocycles. The number of nitrogens with one attached hydrogen (secondary N) is 1. The van der Waals surface area contributed by atoms with Gasteiger partial charge in [-0.2, -0.15) is 0 Å². The third-order valence-corrected chi connectivity index (χ3v) is 3.71. The lowest BCUT2D eigenvalue weighted by Crippen LogP contribution is -2.23. The molecule has 20 heavy (non-hydrogen) atoms. The molecule has 1 fully saturated rings. The summed E-state index contributed by atoms with van der Waals surface area (Å²) < 4.78 is 0. The first-order chi connectivity index (χ1) is 9.78. The summed E-state index contributed by atoms with van der Waals surface area (Å²) in [5.74, 6) is -0.0206. The molecule has 0 aromatic heterocycles. The summed E-state index contributed by atoms with van der Waals surface area (Å²) in [6, 6.07) is 8.15. The van der Waals surface area contributed by atoms with Gasteiger partial charge in [-0.05, 0) is 43.6 Å². The fraction of sp³-hybridized carbons (Fsp3) is 0.562. The lowest BCUT2D eigenvalue weighted by atomic mass is 10.2. The average molecular weight is 275 g/mol. The fourth-order valence-corrected chi connectivity index (χ4v) is 2.60. The molecule has 110 valence electrons. The number of nitrogens with two attached hydrogens (primary N) is 1. The van der Waals surface area contributed by atoms with Gasteiger partial charge in [0.05, 0.1) is 0 Å². The predicted octanol–water partition coefficient (Wildman–Crippen LogP) is 2.35. The Balaban J connectivity index is 1.85. The van der Waals surface area contributed by atoms with Crippen LogP contribution in [0.5, 0.6) is 0 Å². The standard InChI is InChI=1S/C16H25N3O/c17-10-9-16(20)18-15-7-5-14(6-8-15)13-19-11-3-1-2-4-12-19/h5-8H,1-4,9-13,17H2,(H,18,20). The van der Waals surface area contributed by atoms with Crippen molar-refractivity contribution in [2.45, 2.75) is 38.6 Å². The van der Waals surface area contributed by atoms with Crippen molar-refractivity contribution in [1.82, 2.24) is 4.90 Å². The van der Waals surface area contributed by atoms with E-state index in [2.05, 4.69) is 22.3 Å². The Morgan fingerprint density at radius 1 is 1.10 bits per heavy atom. The molecule has 0 unspecified atom stereocenters. The molecule has 0 bridgehead atoms. The minimum absolute atomic E-state index is 0.0206. The fourth-order valence-electron chi connectivity index (χ4n) is 2.60. The first-order valence-electron chi connectivity index (χ1n) is 7.59. The third kappa shape index (κ3) is 4.94. The highest BCUT2D eigenvalue weighted by atomic mass is 16.1. The molecule has 0 atom stereocenters. The monoisotopic (exact) mass is 275 g/mol. The van der Waals surface area contributed by atoms with Crippen molar-refractivity contribution in [3.8, 4) is 0 Å². The van der Waals surface area contributed by atoms with Crippen molar-refractivity contribution in [3.63, 3.8) is 0 Å². The molecule has 1 aliphatic rings. The summed E-state index contributed by atoms with van der Waals surface area (Å²) in [6.45, 7) is 3.81. The molecule has 1 aromatic rings. The van der Waals surface area contributed by atoms with Gasteiger partial charge < -0.3 is 11.1 Å². The third-order valence-electron chi connectivity index (χ3n) is 3.71. The summed E-state index contributed by atoms with van der Waals surface area (Å²) in [5, 5.41) is 2.85. The molecule has 1 heterocycles. The molecule has 0 aliphatic carbocycles. The van der Waals surface area contributed by atoms with E-state index < -0.39 is 0 Å². The number of likely N-dealkylation sites (tertiary alicyclic amines) is 1. The number of rotatable bonds is 5. The lowest BCUT2D eigenvalue weighted by molar-refractivity contribution is -0.116. The molecule has 1 amide bonds. The van der Waals surface area contributed by atoms with Crippen molar-refractivity contribution >= 4 is 11.6 Å². The van der Waals surface area contributed by atoms with Crippen molar-refractivity contribution in [1.29, 1.82) is 0 Å². The van der Waals surface area contributed by atoms with Crippen LogP contribution in [0.2, 0.25) is 0 Å². The van der Waals surface area contributed by atoms with E-state index in [0.717, 1.165) is 12.2 Å². The number of carbonyl (C=O) groups is 1. The van der Waals surface area contributed by atoms with E-state index in [9.17, 15) is 4.79 Å². The Morgan fingerprint density at radius 2 is 1.75 bits per heavy atom. The normalized spacial score (nSPS) is 16.6. The van der Waals surface area contributed by atoms with E-state index >= 15 is 0 Å². The van der Waals surface area contributed by atoms with E-state index in [1.54, 1.807) is 0 Å². The molecule has 0 spiro atoms. The molecule has 0 saturated carbocycles. The maximum atomic E-state index is 11.5. The highest BCUT2D eigenvalue weighted by Crippen LogP contribution is 2.15. The van der Waals surface area contributed by atoms with Gasteiger partial charge in [0, 0.05) is 25.2 Å². The van der Waals surface area contributed by atoms with Crippen LogP contribution in [-0.4, -0.2) is 30.4 Å². The Hall–Kier alpha value is -1.39. The second-order valence-corrected chi connectivity index (χ2v) is 5.47. The Labute approximate surface area is 121 Å². The highest BCUT2D eigenvalue weighted by Gasteiger charge is 2.09. The van der Waals surface area contributed by atoms with Gasteiger partial charge in [-0.1, -0.05) is 25.0 Å². The van der Waals surface area contributed by atoms with E-state index in [1.165, 1.54) is 44.3 Å². The van der Waals surface area contributed by atoms with Crippen LogP contribution in [0.4, 0.5) is 5.69 Å². The summed E-state index contributed by atoms with van der Waals surface area (Å²) >= 11 is 0. The number of benzene rings is 1. The van der Waals surface area contributed by atoms with E-state index in [-0.39, 0.29) is 5.91 Å². The van der Waals surface area contributed by atoms with Crippen molar-refractivity contribution < 1.29 is 4.79 Å². The molecule has 2 rings (SSSR count). The van der Waals surface area contributed by atoms with Crippen LogP contribution >= 0.6 is 0 Å². The van der Waals surface area contributed by atoms with Crippen LogP contribution in [0.1, 0.15) is 37.7 Å². The van der Waals surface area contributed by atoms with E-state index in [1.807, 2.05) is 12.1 Å². The molecule has 4 nitrogen and oxygen atoms in total. The Bertz CT molecular complexity index is 408. The van der Waals surface area contributed by atoms with Crippen LogP contribution in [0.15, 0.2) is 24.3 Å². The number of carbonyl (C=O) groups excluding carboxylic acids is 1. The smallest absolute Gasteiger partial charge is 0.225 e. The van der Waals surface area contributed by atoms with Gasteiger partial charge in [-0.25, -0.2) is 0 Å². The summed E-state index contributed by atoms with van der Waals surface area (Å²) in [7, 11) is 0. The van der Waals surface area contributed by atoms with Gasteiger partial charge in [-0.3, -0.25) is 9.69 Å². The number of nitrogens with zero attached hydrogens (tertiary/aromatic N) is 1. The quantitative estimate of drug-likeness (QED) is 0.867. The zero-order valence-electron chi connectivity index (χ0n) is 12.1. The van der Waals surface area contributed by atoms with Crippen LogP contribution < -0.4 is 11.1 Å². The molecule has 0 radical (unpaired) electrons. The van der Waals surface area contributed by atoms with E-state index in [0.29, 0.717) is 13.0 Å². The van der Waals surface area contributed by atoms with E-state index in [4.69, 9.17) is 5.73 Å². The van der Waals surface area contributed by atoms with Crippen LogP contribution in [0.25, 0.3) is 0 Å². The van der Waals surface area contributed by atoms with Crippen molar-refractivity contribution in [3.05, 3.63) is 29.8 Å². The number of amides is 1. The summed E-state index contributed by atoms with van der Waals surface area (Å²) in [5.41, 5.74) is 7.52. The van der Waals surface area contributed by atoms with Gasteiger partial charge in [0.2, 0.25) is 5.91 Å². The number of hydrogen-bond acceptors (Lipinski definition) is 3. The molecular weight excluding hydrogens is 250 g/mol. The van der Waals surface area contributed by atoms with Crippen LogP contribution in [0.3, 0.4) is 0 Å². The topological polar surface area (TPSA) is 58.4 Å². The van der Waals surface area contributed by atoms with Crippen molar-refractivity contribution in [2.75, 3.05) is 25.0 Å². The Kier molecular flexibility index (Phi) is 6.02. The van der Waals surface area contributed by atoms with Gasteiger partial charge in [0.15, 0.2) is 0 Å². The average Bonchev–Trinajstić information content (AvgIpc) is 2.70. The van der Waals surface area contributed by atoms with Crippen LogP contribution in [-0.2, 0) is 11.3 Å². The van der Waals surface area contributed by atoms with Gasteiger partial charge >= 0.3 is 0 Å². The maximum absolute atomic E-state index is 11.5. The largest absolute Gasteiger partial charge is 0.330 e. The number of hydrogen-bond donors (Lipinski definition) is 2. The number of anilines is 1. The van der Waals surface area contributed by atoms with Gasteiger partial charge in [0.1, 0.15) is 0 Å². The maximum Gasteiger partial charge on any atom is 0.225 e. The molecule has 1 aromatic carbocycles. The second kappa shape index (κ2) is 8.02. The molecule has 3 N–H and O–H groups in total. The van der Waals surface area contributed by atoms with Gasteiger partial charge in [-0.15, -0.1) is 0 Å². The minimum Gasteiger partial charge on any atom is -0.330 e. The zero-order chi connectivity index (χ0) is 14.2. The summed E-state index contributed by atoms with van der Waals surface area (Å²) in [6.07, 6.45) is 5.72. The van der Waals surface area contributed by atoms with Gasteiger partial charge in [0.25, 0.3) is 0 Å². The molecular formula is C16H25N3O.